The van der Waals surface area contributed by atoms with E-state index in [1.54, 1.807) is 0 Å². The molecule has 1 N–H and O–H groups in total. The van der Waals surface area contributed by atoms with Gasteiger partial charge in [-0.1, -0.05) is 12.1 Å². The minimum Gasteiger partial charge on any atom is -0.335 e. The summed E-state index contributed by atoms with van der Waals surface area (Å²) in [5, 5.41) is 0.875. The Kier molecular flexibility index (Phi) is 1.75. The van der Waals surface area contributed by atoms with Gasteiger partial charge in [-0.05, 0) is 12.1 Å². The smallest absolute Gasteiger partial charge is 0.144 e. The summed E-state index contributed by atoms with van der Waals surface area (Å²) in [6.07, 6.45) is 1.53. The first-order valence-electron chi connectivity index (χ1n) is 3.47. The summed E-state index contributed by atoms with van der Waals surface area (Å²) in [7, 11) is 0. The Morgan fingerprint density at radius 3 is 3.00 bits per heavy atom. The van der Waals surface area contributed by atoms with Crippen molar-refractivity contribution in [3.8, 4) is 0 Å². The maximum absolute atomic E-state index is 10.6. The van der Waals surface area contributed by atoms with Crippen LogP contribution in [0.15, 0.2) is 30.6 Å². The van der Waals surface area contributed by atoms with Crippen molar-refractivity contribution in [2.45, 2.75) is 0 Å². The lowest BCUT2D eigenvalue weighted by atomic mass is 10.2. The molecule has 0 aliphatic rings. The van der Waals surface area contributed by atoms with Crippen molar-refractivity contribution in [1.82, 2.24) is 9.97 Å². The van der Waals surface area contributed by atoms with Gasteiger partial charge in [-0.25, -0.2) is 9.19 Å². The molecule has 0 saturated heterocycles. The monoisotopic (exact) mass is 178 g/mol. The van der Waals surface area contributed by atoms with Crippen LogP contribution in [-0.4, -0.2) is 14.2 Å². The number of hydrogen-bond acceptors (Lipinski definition) is 2. The van der Waals surface area contributed by atoms with Crippen LogP contribution in [0.5, 0.6) is 0 Å². The number of para-hydroxylation sites is 1. The van der Waals surface area contributed by atoms with Crippen molar-refractivity contribution in [3.63, 3.8) is 0 Å². The van der Waals surface area contributed by atoms with Crippen molar-refractivity contribution >= 4 is 22.2 Å². The molecule has 0 aliphatic carbocycles. The largest absolute Gasteiger partial charge is 0.335 e. The third kappa shape index (κ3) is 1.06. The average Bonchev–Trinajstić information content (AvgIpc) is 2.17. The summed E-state index contributed by atoms with van der Waals surface area (Å²) in [6, 6.07) is 7.54. The minimum absolute atomic E-state index is 0.453. The van der Waals surface area contributed by atoms with Gasteiger partial charge in [0.15, 0.2) is 0 Å². The normalized spacial score (nSPS) is 10.0. The number of H-pyrrole nitrogens is 1. The number of nitrogens with one attached hydrogen (secondary N) is 1. The third-order valence-corrected chi connectivity index (χ3v) is 2.14. The first-order chi connectivity index (χ1) is 5.92. The number of hydrogen-bond donors (Lipinski definition) is 1. The molecule has 2 aromatic rings. The van der Waals surface area contributed by atoms with Crippen molar-refractivity contribution < 1.29 is 4.21 Å². The molecule has 0 saturated carbocycles. The SMILES string of the molecule is O=S=c1[nH]cnc2ccccc12. The highest BCUT2D eigenvalue weighted by Crippen LogP contribution is 2.08. The van der Waals surface area contributed by atoms with Gasteiger partial charge in [0.05, 0.1) is 11.8 Å². The molecule has 0 bridgehead atoms. The Balaban J connectivity index is 3.09. The highest BCUT2D eigenvalue weighted by atomic mass is 32.1. The van der Waals surface area contributed by atoms with Gasteiger partial charge in [-0.2, -0.15) is 0 Å². The van der Waals surface area contributed by atoms with Crippen LogP contribution in [0, 0.1) is 4.64 Å². The minimum atomic E-state index is 0.453. The first kappa shape index (κ1) is 7.24. The van der Waals surface area contributed by atoms with Gasteiger partial charge in [0.2, 0.25) is 0 Å². The van der Waals surface area contributed by atoms with E-state index < -0.39 is 0 Å². The molecular formula is C8H6N2OS. The fraction of sp³-hybridized carbons (Fsp3) is 0. The molecule has 0 amide bonds. The molecule has 0 spiro atoms. The average molecular weight is 178 g/mol. The van der Waals surface area contributed by atoms with E-state index in [9.17, 15) is 4.21 Å². The first-order valence-corrected chi connectivity index (χ1v) is 4.21. The fourth-order valence-electron chi connectivity index (χ4n) is 1.09. The summed E-state index contributed by atoms with van der Waals surface area (Å²) < 4.78 is 11.2. The number of fused-ring (bicyclic) bond motifs is 1. The Morgan fingerprint density at radius 1 is 1.33 bits per heavy atom. The Labute approximate surface area is 72.2 Å². The zero-order chi connectivity index (χ0) is 8.39. The van der Waals surface area contributed by atoms with Crippen molar-refractivity contribution in [3.05, 3.63) is 35.2 Å². The molecular weight excluding hydrogens is 172 g/mol. The molecule has 60 valence electrons. The van der Waals surface area contributed by atoms with E-state index in [1.807, 2.05) is 24.3 Å². The number of aromatic nitrogens is 2. The van der Waals surface area contributed by atoms with E-state index in [0.29, 0.717) is 15.9 Å². The van der Waals surface area contributed by atoms with Crippen LogP contribution in [0.3, 0.4) is 0 Å². The van der Waals surface area contributed by atoms with Crippen LogP contribution in [0.1, 0.15) is 0 Å². The second-order valence-electron chi connectivity index (χ2n) is 2.33. The predicted molar refractivity (Wildman–Crippen MR) is 47.5 cm³/mol. The lowest BCUT2D eigenvalue weighted by molar-refractivity contribution is 0.699. The predicted octanol–water partition coefficient (Wildman–Crippen LogP) is 1.31. The van der Waals surface area contributed by atoms with Gasteiger partial charge in [0.25, 0.3) is 0 Å². The van der Waals surface area contributed by atoms with E-state index in [4.69, 9.17) is 0 Å². The van der Waals surface area contributed by atoms with E-state index in [2.05, 4.69) is 9.97 Å². The van der Waals surface area contributed by atoms with E-state index in [-0.39, 0.29) is 0 Å². The van der Waals surface area contributed by atoms with Crippen LogP contribution in [0.2, 0.25) is 0 Å². The molecule has 0 unspecified atom stereocenters. The molecule has 1 aromatic carbocycles. The molecule has 2 rings (SSSR count). The second kappa shape index (κ2) is 2.91. The quantitative estimate of drug-likeness (QED) is 0.618. The zero-order valence-corrected chi connectivity index (χ0v) is 6.97. The zero-order valence-electron chi connectivity index (χ0n) is 6.15. The Morgan fingerprint density at radius 2 is 2.17 bits per heavy atom. The summed E-state index contributed by atoms with van der Waals surface area (Å²) in [6.45, 7) is 0. The maximum atomic E-state index is 10.6. The lowest BCUT2D eigenvalue weighted by Crippen LogP contribution is -1.83. The van der Waals surface area contributed by atoms with Gasteiger partial charge < -0.3 is 4.98 Å². The van der Waals surface area contributed by atoms with Crippen molar-refractivity contribution in [2.24, 2.45) is 0 Å². The molecule has 0 aliphatic heterocycles. The van der Waals surface area contributed by atoms with E-state index >= 15 is 0 Å². The van der Waals surface area contributed by atoms with Gasteiger partial charge in [-0.15, -0.1) is 0 Å². The summed E-state index contributed by atoms with van der Waals surface area (Å²) in [5.41, 5.74) is 0.842. The molecule has 3 nitrogen and oxygen atoms in total. The van der Waals surface area contributed by atoms with Crippen LogP contribution in [0.4, 0.5) is 0 Å². The molecule has 12 heavy (non-hydrogen) atoms. The van der Waals surface area contributed by atoms with Crippen LogP contribution >= 0.6 is 0 Å². The second-order valence-corrected chi connectivity index (χ2v) is 2.91. The topological polar surface area (TPSA) is 45.8 Å². The molecule has 1 heterocycles. The highest BCUT2D eigenvalue weighted by Gasteiger charge is 1.92. The third-order valence-electron chi connectivity index (χ3n) is 1.63. The molecule has 0 atom stereocenters. The lowest BCUT2D eigenvalue weighted by Gasteiger charge is -1.93. The van der Waals surface area contributed by atoms with Crippen molar-refractivity contribution in [2.75, 3.05) is 0 Å². The van der Waals surface area contributed by atoms with Gasteiger partial charge >= 0.3 is 0 Å². The molecule has 1 aromatic heterocycles. The van der Waals surface area contributed by atoms with Crippen molar-refractivity contribution in [1.29, 1.82) is 0 Å². The summed E-state index contributed by atoms with van der Waals surface area (Å²) in [5.74, 6) is 0. The van der Waals surface area contributed by atoms with E-state index in [0.717, 1.165) is 10.9 Å². The number of nitrogens with zero attached hydrogens (tertiary/aromatic N) is 1. The maximum Gasteiger partial charge on any atom is 0.144 e. The van der Waals surface area contributed by atoms with Crippen LogP contribution < -0.4 is 0 Å². The molecule has 4 heteroatoms. The number of benzene rings is 1. The van der Waals surface area contributed by atoms with Crippen LogP contribution in [-0.2, 0) is 11.3 Å². The van der Waals surface area contributed by atoms with Gasteiger partial charge in [0.1, 0.15) is 15.9 Å². The Hall–Kier alpha value is -1.42. The van der Waals surface area contributed by atoms with Gasteiger partial charge in [0, 0.05) is 5.39 Å². The fourth-order valence-corrected chi connectivity index (χ4v) is 1.45. The van der Waals surface area contributed by atoms with Gasteiger partial charge in [-0.3, -0.25) is 0 Å². The summed E-state index contributed by atoms with van der Waals surface area (Å²) in [4.78, 5) is 6.88. The highest BCUT2D eigenvalue weighted by molar-refractivity contribution is 7.57. The molecule has 0 fully saturated rings. The molecule has 0 radical (unpaired) electrons. The standard InChI is InChI=1S/C8H6N2OS/c11-12-8-6-3-1-2-4-7(6)9-5-10-8/h1-5H,(H,9,10). The summed E-state index contributed by atoms with van der Waals surface area (Å²) >= 11 is 0.453. The Bertz CT molecular complexity index is 494. The van der Waals surface area contributed by atoms with Crippen LogP contribution in [0.25, 0.3) is 10.9 Å². The number of aromatic amines is 1. The van der Waals surface area contributed by atoms with E-state index in [1.165, 1.54) is 6.33 Å². The number of rotatable bonds is 0.